The molecule has 0 saturated carbocycles. The minimum atomic E-state index is -3.36. The van der Waals surface area contributed by atoms with Gasteiger partial charge < -0.3 is 14.5 Å². The molecule has 160 valence electrons. The van der Waals surface area contributed by atoms with Gasteiger partial charge in [0.15, 0.2) is 6.61 Å². The van der Waals surface area contributed by atoms with Crippen molar-refractivity contribution in [1.82, 2.24) is 9.80 Å². The van der Waals surface area contributed by atoms with Crippen LogP contribution in [0.3, 0.4) is 0 Å². The topological polar surface area (TPSA) is 96.0 Å². The molecule has 0 radical (unpaired) electrons. The van der Waals surface area contributed by atoms with Gasteiger partial charge in [-0.2, -0.15) is 0 Å². The van der Waals surface area contributed by atoms with Gasteiger partial charge in [-0.05, 0) is 43.3 Å². The van der Waals surface area contributed by atoms with Crippen molar-refractivity contribution in [3.8, 4) is 5.75 Å². The van der Waals surface area contributed by atoms with Crippen molar-refractivity contribution in [2.75, 3.05) is 43.8 Å². The molecule has 0 aromatic heterocycles. The average molecular weight is 432 g/mol. The van der Waals surface area contributed by atoms with Gasteiger partial charge in [0.1, 0.15) is 5.75 Å². The highest BCUT2D eigenvalue weighted by Crippen LogP contribution is 2.15. The van der Waals surface area contributed by atoms with E-state index in [1.54, 1.807) is 34.1 Å². The van der Waals surface area contributed by atoms with Crippen LogP contribution in [0.15, 0.2) is 48.5 Å². The van der Waals surface area contributed by atoms with E-state index >= 15 is 0 Å². The van der Waals surface area contributed by atoms with Crippen LogP contribution in [0, 0.1) is 6.92 Å². The maximum atomic E-state index is 12.7. The molecule has 1 N–H and O–H groups in total. The van der Waals surface area contributed by atoms with E-state index in [9.17, 15) is 18.0 Å². The van der Waals surface area contributed by atoms with Crippen molar-refractivity contribution in [2.45, 2.75) is 6.92 Å². The first-order chi connectivity index (χ1) is 14.2. The van der Waals surface area contributed by atoms with Crippen LogP contribution in [0.1, 0.15) is 15.9 Å². The van der Waals surface area contributed by atoms with Crippen molar-refractivity contribution in [3.05, 3.63) is 59.7 Å². The lowest BCUT2D eigenvalue weighted by Crippen LogP contribution is -2.51. The first kappa shape index (κ1) is 21.6. The number of hydrogen-bond acceptors (Lipinski definition) is 5. The number of aryl methyl sites for hydroxylation is 1. The highest BCUT2D eigenvalue weighted by Gasteiger charge is 2.25. The van der Waals surface area contributed by atoms with E-state index in [0.29, 0.717) is 43.2 Å². The molecule has 0 bridgehead atoms. The van der Waals surface area contributed by atoms with E-state index in [0.717, 1.165) is 11.8 Å². The fourth-order valence-electron chi connectivity index (χ4n) is 3.11. The maximum Gasteiger partial charge on any atom is 0.260 e. The predicted molar refractivity (Wildman–Crippen MR) is 114 cm³/mol. The lowest BCUT2D eigenvalue weighted by atomic mass is 10.1. The van der Waals surface area contributed by atoms with Gasteiger partial charge in [0.25, 0.3) is 11.8 Å². The van der Waals surface area contributed by atoms with E-state index in [1.165, 1.54) is 0 Å². The monoisotopic (exact) mass is 431 g/mol. The molecule has 1 heterocycles. The number of nitrogens with zero attached hydrogens (tertiary/aromatic N) is 2. The zero-order valence-corrected chi connectivity index (χ0v) is 17.8. The summed E-state index contributed by atoms with van der Waals surface area (Å²) in [5.74, 6) is 0.388. The molecule has 0 atom stereocenters. The Labute approximate surface area is 176 Å². The first-order valence-corrected chi connectivity index (χ1v) is 11.4. The van der Waals surface area contributed by atoms with Crippen molar-refractivity contribution < 1.29 is 22.7 Å². The Morgan fingerprint density at radius 1 is 0.933 bits per heavy atom. The van der Waals surface area contributed by atoms with Crippen molar-refractivity contribution in [2.24, 2.45) is 0 Å². The van der Waals surface area contributed by atoms with Gasteiger partial charge >= 0.3 is 0 Å². The number of piperazine rings is 1. The van der Waals surface area contributed by atoms with Crippen LogP contribution in [-0.2, 0) is 14.8 Å². The Morgan fingerprint density at radius 3 is 2.07 bits per heavy atom. The van der Waals surface area contributed by atoms with E-state index < -0.39 is 10.0 Å². The largest absolute Gasteiger partial charge is 0.484 e. The Kier molecular flexibility index (Phi) is 6.61. The standard InChI is InChI=1S/C21H25N3O5S/c1-16-3-9-19(10-4-16)29-15-20(25)23-11-13-24(14-12-23)21(26)17-5-7-18(8-6-17)22-30(2,27)28/h3-10,22H,11-15H2,1-2H3. The highest BCUT2D eigenvalue weighted by atomic mass is 32.2. The van der Waals surface area contributed by atoms with Crippen LogP contribution in [0.25, 0.3) is 0 Å². The number of hydrogen-bond donors (Lipinski definition) is 1. The summed E-state index contributed by atoms with van der Waals surface area (Å²) in [5.41, 5.74) is 1.99. The Hall–Kier alpha value is -3.07. The molecule has 1 aliphatic rings. The summed E-state index contributed by atoms with van der Waals surface area (Å²) in [5, 5.41) is 0. The fraction of sp³-hybridized carbons (Fsp3) is 0.333. The predicted octanol–water partition coefficient (Wildman–Crippen LogP) is 1.73. The van der Waals surface area contributed by atoms with Crippen LogP contribution in [0.5, 0.6) is 5.75 Å². The number of amides is 2. The van der Waals surface area contributed by atoms with Gasteiger partial charge in [-0.1, -0.05) is 17.7 Å². The quantitative estimate of drug-likeness (QED) is 0.752. The molecule has 0 spiro atoms. The molecule has 2 amide bonds. The average Bonchev–Trinajstić information content (AvgIpc) is 2.72. The molecule has 1 saturated heterocycles. The second-order valence-corrected chi connectivity index (χ2v) is 8.97. The molecular weight excluding hydrogens is 406 g/mol. The summed E-state index contributed by atoms with van der Waals surface area (Å²) >= 11 is 0. The normalized spacial score (nSPS) is 14.3. The number of carbonyl (C=O) groups excluding carboxylic acids is 2. The molecule has 2 aromatic rings. The maximum absolute atomic E-state index is 12.7. The summed E-state index contributed by atoms with van der Waals surface area (Å²) in [6.45, 7) is 3.68. The Morgan fingerprint density at radius 2 is 1.50 bits per heavy atom. The van der Waals surface area contributed by atoms with Gasteiger partial charge in [-0.3, -0.25) is 14.3 Å². The summed E-state index contributed by atoms with van der Waals surface area (Å²) in [6, 6.07) is 13.8. The van der Waals surface area contributed by atoms with Crippen LogP contribution in [0.2, 0.25) is 0 Å². The van der Waals surface area contributed by atoms with Gasteiger partial charge in [-0.25, -0.2) is 8.42 Å². The molecule has 0 unspecified atom stereocenters. The van der Waals surface area contributed by atoms with Gasteiger partial charge in [-0.15, -0.1) is 0 Å². The Bertz CT molecular complexity index is 996. The minimum absolute atomic E-state index is 0.0359. The van der Waals surface area contributed by atoms with Crippen LogP contribution >= 0.6 is 0 Å². The second kappa shape index (κ2) is 9.17. The number of anilines is 1. The van der Waals surface area contributed by atoms with E-state index in [4.69, 9.17) is 4.74 Å². The number of sulfonamides is 1. The van der Waals surface area contributed by atoms with Crippen molar-refractivity contribution >= 4 is 27.5 Å². The molecule has 30 heavy (non-hydrogen) atoms. The number of rotatable bonds is 6. The molecule has 8 nitrogen and oxygen atoms in total. The number of nitrogens with one attached hydrogen (secondary N) is 1. The third-order valence-electron chi connectivity index (χ3n) is 4.74. The van der Waals surface area contributed by atoms with Gasteiger partial charge in [0.05, 0.1) is 6.26 Å². The van der Waals surface area contributed by atoms with Crippen LogP contribution in [0.4, 0.5) is 5.69 Å². The smallest absolute Gasteiger partial charge is 0.260 e. The molecule has 0 aliphatic carbocycles. The molecule has 3 rings (SSSR count). The van der Waals surface area contributed by atoms with Gasteiger partial charge in [0, 0.05) is 37.4 Å². The first-order valence-electron chi connectivity index (χ1n) is 9.56. The molecule has 1 fully saturated rings. The molecular formula is C21H25N3O5S. The van der Waals surface area contributed by atoms with Crippen LogP contribution < -0.4 is 9.46 Å². The molecule has 9 heteroatoms. The SMILES string of the molecule is Cc1ccc(OCC(=O)N2CCN(C(=O)c3ccc(NS(C)(=O)=O)cc3)CC2)cc1. The van der Waals surface area contributed by atoms with Crippen molar-refractivity contribution in [3.63, 3.8) is 0 Å². The summed E-state index contributed by atoms with van der Waals surface area (Å²) < 4.78 is 30.4. The minimum Gasteiger partial charge on any atom is -0.484 e. The third kappa shape index (κ3) is 5.96. The lowest BCUT2D eigenvalue weighted by Gasteiger charge is -2.34. The Balaban J connectivity index is 1.49. The highest BCUT2D eigenvalue weighted by molar-refractivity contribution is 7.92. The van der Waals surface area contributed by atoms with Crippen molar-refractivity contribution in [1.29, 1.82) is 0 Å². The zero-order chi connectivity index (χ0) is 21.7. The molecule has 1 aliphatic heterocycles. The lowest BCUT2D eigenvalue weighted by molar-refractivity contribution is -0.134. The molecule has 2 aromatic carbocycles. The second-order valence-electron chi connectivity index (χ2n) is 7.23. The zero-order valence-electron chi connectivity index (χ0n) is 17.0. The number of carbonyl (C=O) groups is 2. The van der Waals surface area contributed by atoms with Gasteiger partial charge in [0.2, 0.25) is 10.0 Å². The summed E-state index contributed by atoms with van der Waals surface area (Å²) in [7, 11) is -3.36. The van der Waals surface area contributed by atoms with E-state index in [1.807, 2.05) is 31.2 Å². The number of ether oxygens (including phenoxy) is 1. The third-order valence-corrected chi connectivity index (χ3v) is 5.34. The van der Waals surface area contributed by atoms with E-state index in [2.05, 4.69) is 4.72 Å². The fourth-order valence-corrected chi connectivity index (χ4v) is 3.67. The van der Waals surface area contributed by atoms with Crippen LogP contribution in [-0.4, -0.2) is 69.1 Å². The van der Waals surface area contributed by atoms with E-state index in [-0.39, 0.29) is 18.4 Å². The number of benzene rings is 2. The summed E-state index contributed by atoms with van der Waals surface area (Å²) in [4.78, 5) is 28.4. The summed E-state index contributed by atoms with van der Waals surface area (Å²) in [6.07, 6.45) is 1.07.